The number of carbonyl (C=O) groups excluding carboxylic acids is 1. The molecule has 0 bridgehead atoms. The van der Waals surface area contributed by atoms with Gasteiger partial charge in [0.2, 0.25) is 5.91 Å². The molecule has 0 saturated heterocycles. The molecule has 1 aromatic carbocycles. The number of aryl methyl sites for hydroxylation is 1. The highest BCUT2D eigenvalue weighted by molar-refractivity contribution is 6.34. The van der Waals surface area contributed by atoms with Crippen LogP contribution in [0.4, 0.5) is 5.69 Å². The Morgan fingerprint density at radius 1 is 1.55 bits per heavy atom. The molecule has 0 aromatic heterocycles. The van der Waals surface area contributed by atoms with Gasteiger partial charge in [-0.1, -0.05) is 29.7 Å². The van der Waals surface area contributed by atoms with Crippen LogP contribution in [0.2, 0.25) is 5.02 Å². The fourth-order valence-corrected chi connectivity index (χ4v) is 2.88. The molecule has 2 rings (SSSR count). The predicted octanol–water partition coefficient (Wildman–Crippen LogP) is 2.75. The Hall–Kier alpha value is -1.75. The third-order valence-electron chi connectivity index (χ3n) is 3.80. The van der Waals surface area contributed by atoms with Crippen LogP contribution in [0, 0.1) is 18.3 Å². The zero-order chi connectivity index (χ0) is 14.9. The van der Waals surface area contributed by atoms with E-state index in [4.69, 9.17) is 22.5 Å². The van der Waals surface area contributed by atoms with Gasteiger partial charge >= 0.3 is 0 Å². The summed E-state index contributed by atoms with van der Waals surface area (Å²) in [6.45, 7) is 3.94. The Balaban J connectivity index is 2.24. The van der Waals surface area contributed by atoms with Crippen molar-refractivity contribution >= 4 is 29.0 Å². The summed E-state index contributed by atoms with van der Waals surface area (Å²) in [4.78, 5) is 12.5. The molecule has 1 amide bonds. The number of benzene rings is 1. The second-order valence-corrected chi connectivity index (χ2v) is 5.93. The molecule has 1 aliphatic carbocycles. The predicted molar refractivity (Wildman–Crippen MR) is 79.1 cm³/mol. The molecular weight excluding hydrogens is 278 g/mol. The summed E-state index contributed by atoms with van der Waals surface area (Å²) in [5.41, 5.74) is 6.31. The maximum Gasteiger partial charge on any atom is 0.238 e. The first-order chi connectivity index (χ1) is 9.39. The normalized spacial score (nSPS) is 25.9. The first-order valence-electron chi connectivity index (χ1n) is 6.44. The van der Waals surface area contributed by atoms with Gasteiger partial charge in [0.15, 0.2) is 5.84 Å². The van der Waals surface area contributed by atoms with Gasteiger partial charge in [0.25, 0.3) is 0 Å². The molecule has 0 atom stereocenters. The number of hydrogen-bond donors (Lipinski definition) is 3. The third kappa shape index (κ3) is 2.45. The van der Waals surface area contributed by atoms with Crippen LogP contribution in [0.3, 0.4) is 0 Å². The lowest BCUT2D eigenvalue weighted by Crippen LogP contribution is -2.54. The molecule has 20 heavy (non-hydrogen) atoms. The number of anilines is 1. The van der Waals surface area contributed by atoms with E-state index in [1.807, 2.05) is 19.9 Å². The van der Waals surface area contributed by atoms with Crippen LogP contribution < -0.4 is 11.1 Å². The number of halogens is 1. The average Bonchev–Trinajstić information content (AvgIpc) is 2.38. The molecule has 1 aliphatic rings. The minimum absolute atomic E-state index is 0.0446. The van der Waals surface area contributed by atoms with Crippen molar-refractivity contribution in [1.29, 1.82) is 0 Å². The first kappa shape index (κ1) is 14.7. The molecule has 0 radical (unpaired) electrons. The van der Waals surface area contributed by atoms with Crippen molar-refractivity contribution in [2.45, 2.75) is 26.7 Å². The van der Waals surface area contributed by atoms with Gasteiger partial charge in [-0.3, -0.25) is 4.79 Å². The van der Waals surface area contributed by atoms with Crippen molar-refractivity contribution in [1.82, 2.24) is 0 Å². The van der Waals surface area contributed by atoms with E-state index in [0.29, 0.717) is 29.5 Å². The summed E-state index contributed by atoms with van der Waals surface area (Å²) in [7, 11) is 0. The monoisotopic (exact) mass is 295 g/mol. The number of nitrogens with two attached hydrogens (primary N) is 1. The lowest BCUT2D eigenvalue weighted by atomic mass is 9.61. The van der Waals surface area contributed by atoms with E-state index < -0.39 is 5.41 Å². The number of rotatable bonds is 3. The van der Waals surface area contributed by atoms with Crippen molar-refractivity contribution in [3.05, 3.63) is 28.8 Å². The number of nitrogens with zero attached hydrogens (tertiary/aromatic N) is 1. The highest BCUT2D eigenvalue weighted by Gasteiger charge is 2.52. The van der Waals surface area contributed by atoms with Crippen molar-refractivity contribution in [2.24, 2.45) is 22.2 Å². The van der Waals surface area contributed by atoms with Crippen molar-refractivity contribution < 1.29 is 10.0 Å². The van der Waals surface area contributed by atoms with Crippen LogP contribution in [0.1, 0.15) is 25.3 Å². The van der Waals surface area contributed by atoms with Crippen molar-refractivity contribution in [3.8, 4) is 0 Å². The zero-order valence-corrected chi connectivity index (χ0v) is 12.2. The van der Waals surface area contributed by atoms with Crippen LogP contribution in [-0.2, 0) is 4.79 Å². The van der Waals surface area contributed by atoms with Crippen LogP contribution in [-0.4, -0.2) is 17.0 Å². The quantitative estimate of drug-likeness (QED) is 0.347. The number of oxime groups is 1. The highest BCUT2D eigenvalue weighted by atomic mass is 35.5. The molecule has 1 fully saturated rings. The summed E-state index contributed by atoms with van der Waals surface area (Å²) < 4.78 is 0. The fraction of sp³-hybridized carbons (Fsp3) is 0.429. The first-order valence-corrected chi connectivity index (χ1v) is 6.82. The summed E-state index contributed by atoms with van der Waals surface area (Å²) >= 11 is 6.07. The maximum atomic E-state index is 12.5. The SMILES string of the molecule is Cc1ccc(Cl)c(NC(=O)C2(/C(N)=N/O)CC(C)C2)c1. The molecule has 4 N–H and O–H groups in total. The lowest BCUT2D eigenvalue weighted by molar-refractivity contribution is -0.127. The van der Waals surface area contributed by atoms with Gasteiger partial charge in [0.1, 0.15) is 5.41 Å². The lowest BCUT2D eigenvalue weighted by Gasteiger charge is -2.43. The summed E-state index contributed by atoms with van der Waals surface area (Å²) in [6, 6.07) is 5.39. The Morgan fingerprint density at radius 2 is 2.20 bits per heavy atom. The molecule has 5 nitrogen and oxygen atoms in total. The molecule has 0 aliphatic heterocycles. The second-order valence-electron chi connectivity index (χ2n) is 5.52. The van der Waals surface area contributed by atoms with E-state index in [0.717, 1.165) is 5.56 Å². The minimum atomic E-state index is -0.929. The van der Waals surface area contributed by atoms with Gasteiger partial charge in [0, 0.05) is 0 Å². The van der Waals surface area contributed by atoms with Gasteiger partial charge in [-0.15, -0.1) is 0 Å². The summed E-state index contributed by atoms with van der Waals surface area (Å²) in [5.74, 6) is 0.0457. The van der Waals surface area contributed by atoms with Crippen LogP contribution in [0.25, 0.3) is 0 Å². The number of amidine groups is 1. The zero-order valence-electron chi connectivity index (χ0n) is 11.5. The maximum absolute atomic E-state index is 12.5. The Morgan fingerprint density at radius 3 is 2.75 bits per heavy atom. The van der Waals surface area contributed by atoms with Crippen LogP contribution in [0.5, 0.6) is 0 Å². The van der Waals surface area contributed by atoms with Crippen molar-refractivity contribution in [3.63, 3.8) is 0 Å². The molecule has 0 heterocycles. The number of hydrogen-bond acceptors (Lipinski definition) is 3. The van der Waals surface area contributed by atoms with Crippen LogP contribution >= 0.6 is 11.6 Å². The fourth-order valence-electron chi connectivity index (χ4n) is 2.71. The molecule has 0 spiro atoms. The van der Waals surface area contributed by atoms with E-state index >= 15 is 0 Å². The molecule has 0 unspecified atom stereocenters. The van der Waals surface area contributed by atoms with E-state index in [1.165, 1.54) is 0 Å². The Kier molecular flexibility index (Phi) is 3.90. The minimum Gasteiger partial charge on any atom is -0.409 e. The highest BCUT2D eigenvalue weighted by Crippen LogP contribution is 2.46. The summed E-state index contributed by atoms with van der Waals surface area (Å²) in [6.07, 6.45) is 1.14. The van der Waals surface area contributed by atoms with Crippen molar-refractivity contribution in [2.75, 3.05) is 5.32 Å². The molecule has 6 heteroatoms. The molecule has 1 aromatic rings. The van der Waals surface area contributed by atoms with Gasteiger partial charge in [0.05, 0.1) is 10.7 Å². The van der Waals surface area contributed by atoms with Gasteiger partial charge in [-0.25, -0.2) is 0 Å². The molecule has 1 saturated carbocycles. The van der Waals surface area contributed by atoms with E-state index in [9.17, 15) is 4.79 Å². The van der Waals surface area contributed by atoms with E-state index in [1.54, 1.807) is 12.1 Å². The molecular formula is C14H18ClN3O2. The van der Waals surface area contributed by atoms with E-state index in [2.05, 4.69) is 10.5 Å². The number of nitrogens with one attached hydrogen (secondary N) is 1. The van der Waals surface area contributed by atoms with E-state index in [-0.39, 0.29) is 11.7 Å². The van der Waals surface area contributed by atoms with Gasteiger partial charge in [-0.05, 0) is 43.4 Å². The third-order valence-corrected chi connectivity index (χ3v) is 4.13. The smallest absolute Gasteiger partial charge is 0.238 e. The average molecular weight is 296 g/mol. The van der Waals surface area contributed by atoms with Gasteiger partial charge in [-0.2, -0.15) is 0 Å². The Labute approximate surface area is 122 Å². The Bertz CT molecular complexity index is 566. The van der Waals surface area contributed by atoms with Gasteiger partial charge < -0.3 is 16.3 Å². The van der Waals surface area contributed by atoms with Crippen LogP contribution in [0.15, 0.2) is 23.4 Å². The number of amides is 1. The standard InChI is InChI=1S/C14H18ClN3O2/c1-8-3-4-10(15)11(5-8)17-13(19)14(12(16)18-20)6-9(2)7-14/h3-5,9,20H,6-7H2,1-2H3,(H2,16,18)(H,17,19). The summed E-state index contributed by atoms with van der Waals surface area (Å²) in [5, 5.41) is 15.2. The molecule has 108 valence electrons. The second kappa shape index (κ2) is 5.32. The largest absolute Gasteiger partial charge is 0.409 e. The number of carbonyl (C=O) groups is 1. The topological polar surface area (TPSA) is 87.7 Å².